The fraction of sp³-hybridized carbons (Fsp3) is 0.222. The number of hydrogen-bond acceptors (Lipinski definition) is 2. The second-order valence-electron chi connectivity index (χ2n) is 2.44. The lowest BCUT2D eigenvalue weighted by Crippen LogP contribution is -1.97. The van der Waals surface area contributed by atoms with Gasteiger partial charge in [0.2, 0.25) is 0 Å². The Morgan fingerprint density at radius 2 is 2.25 bits per heavy atom. The van der Waals surface area contributed by atoms with E-state index in [-0.39, 0.29) is 5.78 Å². The van der Waals surface area contributed by atoms with E-state index in [1.54, 1.807) is 6.07 Å². The number of benzene rings is 1. The van der Waals surface area contributed by atoms with Crippen LogP contribution in [0, 0.1) is 0 Å². The Hall–Kier alpha value is -0.280. The minimum Gasteiger partial charge on any atom is -0.294 e. The smallest absolute Gasteiger partial charge is 0.163 e. The van der Waals surface area contributed by atoms with Gasteiger partial charge in [0.1, 0.15) is 0 Å². The molecule has 12 heavy (non-hydrogen) atoms. The largest absolute Gasteiger partial charge is 0.294 e. The summed E-state index contributed by atoms with van der Waals surface area (Å²) >= 11 is 7.50. The van der Waals surface area contributed by atoms with Gasteiger partial charge in [-0.2, -0.15) is 0 Å². The molecule has 1 nitrogen and oxygen atoms in total. The van der Waals surface area contributed by atoms with E-state index in [2.05, 4.69) is 28.6 Å². The number of rotatable bonds is 2. The number of hydrogen-bond donors (Lipinski definition) is 1. The minimum absolute atomic E-state index is 0.126. The van der Waals surface area contributed by atoms with Crippen LogP contribution >= 0.6 is 28.6 Å². The van der Waals surface area contributed by atoms with Crippen LogP contribution in [0.3, 0.4) is 0 Å². The van der Waals surface area contributed by atoms with Crippen LogP contribution < -0.4 is 0 Å². The first-order chi connectivity index (χ1) is 5.65. The molecule has 0 fully saturated rings. The standard InChI is InChI=1S/C9H9BrOS/c1-2-8(11)7-5-6(10)3-4-9(7)12/h3-5,12H,2H2,1H3. The van der Waals surface area contributed by atoms with Crippen molar-refractivity contribution in [3.63, 3.8) is 0 Å². The Morgan fingerprint density at radius 1 is 1.58 bits per heavy atom. The summed E-state index contributed by atoms with van der Waals surface area (Å²) in [6.45, 7) is 1.84. The zero-order chi connectivity index (χ0) is 9.14. The lowest BCUT2D eigenvalue weighted by molar-refractivity contribution is 0.0985. The number of ketones is 1. The molecule has 3 heteroatoms. The second-order valence-corrected chi connectivity index (χ2v) is 3.84. The average molecular weight is 245 g/mol. The third-order valence-corrected chi connectivity index (χ3v) is 2.46. The molecular weight excluding hydrogens is 236 g/mol. The highest BCUT2D eigenvalue weighted by Crippen LogP contribution is 2.20. The fourth-order valence-electron chi connectivity index (χ4n) is 0.922. The van der Waals surface area contributed by atoms with E-state index < -0.39 is 0 Å². The SMILES string of the molecule is CCC(=O)c1cc(Br)ccc1S. The van der Waals surface area contributed by atoms with Crippen molar-refractivity contribution in [2.75, 3.05) is 0 Å². The van der Waals surface area contributed by atoms with E-state index in [0.717, 1.165) is 9.37 Å². The summed E-state index contributed by atoms with van der Waals surface area (Å²) in [7, 11) is 0. The van der Waals surface area contributed by atoms with Gasteiger partial charge in [0.15, 0.2) is 5.78 Å². The molecule has 0 atom stereocenters. The zero-order valence-corrected chi connectivity index (χ0v) is 9.15. The van der Waals surface area contributed by atoms with Crippen LogP contribution in [0.2, 0.25) is 0 Å². The molecule has 0 amide bonds. The predicted molar refractivity (Wildman–Crippen MR) is 56.0 cm³/mol. The van der Waals surface area contributed by atoms with Gasteiger partial charge in [0.25, 0.3) is 0 Å². The van der Waals surface area contributed by atoms with E-state index in [9.17, 15) is 4.79 Å². The molecule has 0 saturated heterocycles. The molecule has 1 aromatic carbocycles. The first-order valence-electron chi connectivity index (χ1n) is 3.67. The van der Waals surface area contributed by atoms with Gasteiger partial charge < -0.3 is 0 Å². The van der Waals surface area contributed by atoms with Crippen LogP contribution in [-0.4, -0.2) is 5.78 Å². The van der Waals surface area contributed by atoms with E-state index in [1.165, 1.54) is 0 Å². The quantitative estimate of drug-likeness (QED) is 0.624. The van der Waals surface area contributed by atoms with Gasteiger partial charge in [-0.3, -0.25) is 4.79 Å². The molecule has 1 rings (SSSR count). The molecule has 1 aromatic rings. The third kappa shape index (κ3) is 2.11. The van der Waals surface area contributed by atoms with E-state index in [1.807, 2.05) is 19.1 Å². The average Bonchev–Trinajstić information content (AvgIpc) is 2.08. The molecule has 0 unspecified atom stereocenters. The number of thiol groups is 1. The van der Waals surface area contributed by atoms with E-state index >= 15 is 0 Å². The number of Topliss-reactive ketones (excluding diaryl/α,β-unsaturated/α-hetero) is 1. The molecule has 0 radical (unpaired) electrons. The minimum atomic E-state index is 0.126. The molecule has 0 spiro atoms. The van der Waals surface area contributed by atoms with Crippen LogP contribution in [-0.2, 0) is 0 Å². The first-order valence-corrected chi connectivity index (χ1v) is 4.91. The van der Waals surface area contributed by atoms with Gasteiger partial charge in [-0.25, -0.2) is 0 Å². The summed E-state index contributed by atoms with van der Waals surface area (Å²) in [4.78, 5) is 12.1. The van der Waals surface area contributed by atoms with Crippen molar-refractivity contribution in [1.29, 1.82) is 0 Å². The van der Waals surface area contributed by atoms with Crippen molar-refractivity contribution in [2.24, 2.45) is 0 Å². The topological polar surface area (TPSA) is 17.1 Å². The number of carbonyl (C=O) groups is 1. The maximum Gasteiger partial charge on any atom is 0.163 e. The Bertz CT molecular complexity index is 309. The Balaban J connectivity index is 3.13. The summed E-state index contributed by atoms with van der Waals surface area (Å²) in [6.07, 6.45) is 0.518. The summed E-state index contributed by atoms with van der Waals surface area (Å²) in [5.74, 6) is 0.126. The van der Waals surface area contributed by atoms with Crippen molar-refractivity contribution in [2.45, 2.75) is 18.2 Å². The maximum atomic E-state index is 11.3. The monoisotopic (exact) mass is 244 g/mol. The highest BCUT2D eigenvalue weighted by Gasteiger charge is 2.06. The fourth-order valence-corrected chi connectivity index (χ4v) is 1.55. The summed E-state index contributed by atoms with van der Waals surface area (Å²) < 4.78 is 0.914. The van der Waals surface area contributed by atoms with Crippen LogP contribution in [0.4, 0.5) is 0 Å². The van der Waals surface area contributed by atoms with Crippen molar-refractivity contribution in [3.05, 3.63) is 28.2 Å². The van der Waals surface area contributed by atoms with Gasteiger partial charge in [0, 0.05) is 21.4 Å². The van der Waals surface area contributed by atoms with Crippen LogP contribution in [0.1, 0.15) is 23.7 Å². The molecule has 0 saturated carbocycles. The molecule has 0 aliphatic heterocycles. The number of carbonyl (C=O) groups excluding carboxylic acids is 1. The molecular formula is C9H9BrOS. The first kappa shape index (κ1) is 9.81. The Morgan fingerprint density at radius 3 is 2.83 bits per heavy atom. The zero-order valence-electron chi connectivity index (χ0n) is 6.67. The summed E-state index contributed by atoms with van der Waals surface area (Å²) in [6, 6.07) is 5.49. The second kappa shape index (κ2) is 4.10. The van der Waals surface area contributed by atoms with Crippen molar-refractivity contribution < 1.29 is 4.79 Å². The molecule has 0 aliphatic carbocycles. The molecule has 0 heterocycles. The molecule has 64 valence electrons. The molecule has 0 aliphatic rings. The van der Waals surface area contributed by atoms with Gasteiger partial charge in [-0.05, 0) is 18.2 Å². The molecule has 0 bridgehead atoms. The highest BCUT2D eigenvalue weighted by molar-refractivity contribution is 9.10. The lowest BCUT2D eigenvalue weighted by Gasteiger charge is -2.01. The van der Waals surface area contributed by atoms with Gasteiger partial charge >= 0.3 is 0 Å². The lowest BCUT2D eigenvalue weighted by atomic mass is 10.1. The van der Waals surface area contributed by atoms with Crippen LogP contribution in [0.5, 0.6) is 0 Å². The van der Waals surface area contributed by atoms with Crippen molar-refractivity contribution >= 4 is 34.3 Å². The summed E-state index contributed by atoms with van der Waals surface area (Å²) in [5.41, 5.74) is 0.690. The predicted octanol–water partition coefficient (Wildman–Crippen LogP) is 3.33. The summed E-state index contributed by atoms with van der Waals surface area (Å²) in [5, 5.41) is 0. The Labute approximate surface area is 85.7 Å². The van der Waals surface area contributed by atoms with Gasteiger partial charge in [0.05, 0.1) is 0 Å². The number of halogens is 1. The van der Waals surface area contributed by atoms with Crippen LogP contribution in [0.25, 0.3) is 0 Å². The molecule has 0 N–H and O–H groups in total. The van der Waals surface area contributed by atoms with Gasteiger partial charge in [-0.1, -0.05) is 22.9 Å². The van der Waals surface area contributed by atoms with Crippen LogP contribution in [0.15, 0.2) is 27.6 Å². The van der Waals surface area contributed by atoms with E-state index in [4.69, 9.17) is 0 Å². The highest BCUT2D eigenvalue weighted by atomic mass is 79.9. The van der Waals surface area contributed by atoms with Crippen molar-refractivity contribution in [3.8, 4) is 0 Å². The third-order valence-electron chi connectivity index (χ3n) is 1.58. The Kier molecular flexibility index (Phi) is 3.35. The molecule has 0 aromatic heterocycles. The van der Waals surface area contributed by atoms with E-state index in [0.29, 0.717) is 12.0 Å². The maximum absolute atomic E-state index is 11.3. The normalized spacial score (nSPS) is 9.92. The van der Waals surface area contributed by atoms with Gasteiger partial charge in [-0.15, -0.1) is 12.6 Å². The van der Waals surface area contributed by atoms with Crippen molar-refractivity contribution in [1.82, 2.24) is 0 Å².